The molecule has 2 aliphatic rings. The van der Waals surface area contributed by atoms with Gasteiger partial charge >= 0.3 is 0 Å². The normalized spacial score (nSPS) is 18.7. The summed E-state index contributed by atoms with van der Waals surface area (Å²) in [4.78, 5) is 28.1. The molecule has 10 nitrogen and oxygen atoms in total. The number of hydrogen-bond acceptors (Lipinski definition) is 9. The predicted molar refractivity (Wildman–Crippen MR) is 135 cm³/mol. The van der Waals surface area contributed by atoms with E-state index in [0.29, 0.717) is 31.3 Å². The molecule has 1 aromatic heterocycles. The van der Waals surface area contributed by atoms with Gasteiger partial charge in [-0.2, -0.15) is 0 Å². The van der Waals surface area contributed by atoms with Crippen LogP contribution in [-0.4, -0.2) is 73.1 Å². The molecule has 3 heterocycles. The zero-order valence-electron chi connectivity index (χ0n) is 20.6. The molecule has 0 spiro atoms. The van der Waals surface area contributed by atoms with E-state index in [1.54, 1.807) is 18.5 Å². The Morgan fingerprint density at radius 1 is 1.11 bits per heavy atom. The minimum Gasteiger partial charge on any atom is -0.494 e. The third kappa shape index (κ3) is 9.19. The van der Waals surface area contributed by atoms with Gasteiger partial charge in [-0.3, -0.25) is 14.7 Å². The van der Waals surface area contributed by atoms with Crippen molar-refractivity contribution in [3.8, 4) is 5.75 Å². The highest BCUT2D eigenvalue weighted by Gasteiger charge is 2.15. The van der Waals surface area contributed by atoms with Crippen molar-refractivity contribution >= 4 is 17.8 Å². The lowest BCUT2D eigenvalue weighted by atomic mass is 10.2. The van der Waals surface area contributed by atoms with E-state index in [9.17, 15) is 4.79 Å². The molecule has 2 saturated heterocycles. The molecular weight excluding hydrogens is 462 g/mol. The van der Waals surface area contributed by atoms with Crippen molar-refractivity contribution in [2.75, 3.05) is 51.4 Å². The number of morpholine rings is 1. The predicted octanol–water partition coefficient (Wildman–Crippen LogP) is 2.78. The fourth-order valence-electron chi connectivity index (χ4n) is 3.83. The van der Waals surface area contributed by atoms with Gasteiger partial charge in [0.1, 0.15) is 11.6 Å². The van der Waals surface area contributed by atoms with Crippen molar-refractivity contribution in [3.05, 3.63) is 54.0 Å². The molecule has 1 aromatic carbocycles. The van der Waals surface area contributed by atoms with Crippen LogP contribution < -0.4 is 15.5 Å². The maximum Gasteiger partial charge on any atom is 0.267 e. The molecule has 10 heteroatoms. The van der Waals surface area contributed by atoms with Crippen molar-refractivity contribution in [3.63, 3.8) is 0 Å². The summed E-state index contributed by atoms with van der Waals surface area (Å²) < 4.78 is 16.6. The van der Waals surface area contributed by atoms with Gasteiger partial charge in [-0.05, 0) is 43.0 Å². The standard InChI is InChI=1S/C26H35N5O5/c32-25(30-36-26-4-1-2-14-35-26)10-7-22-18-29-24(19-28-22)27-11-3-15-34-23-8-5-21(6-9-23)20-31-12-16-33-17-13-31/h5-10,18-19,26H,1-4,11-17,20H2,(H,27,29)(H,30,32)/b10-7+. The number of benzene rings is 1. The summed E-state index contributed by atoms with van der Waals surface area (Å²) in [6, 6.07) is 8.29. The Balaban J connectivity index is 1.08. The van der Waals surface area contributed by atoms with Gasteiger partial charge in [0.2, 0.25) is 0 Å². The molecule has 2 N–H and O–H groups in total. The van der Waals surface area contributed by atoms with E-state index >= 15 is 0 Å². The van der Waals surface area contributed by atoms with Crippen molar-refractivity contribution in [1.29, 1.82) is 0 Å². The van der Waals surface area contributed by atoms with Crippen LogP contribution in [0.25, 0.3) is 6.08 Å². The van der Waals surface area contributed by atoms with Gasteiger partial charge in [0, 0.05) is 45.3 Å². The highest BCUT2D eigenvalue weighted by molar-refractivity contribution is 5.90. The molecule has 1 atom stereocenters. The Morgan fingerprint density at radius 2 is 1.97 bits per heavy atom. The second-order valence-corrected chi connectivity index (χ2v) is 8.70. The van der Waals surface area contributed by atoms with E-state index in [1.165, 1.54) is 11.6 Å². The van der Waals surface area contributed by atoms with E-state index in [-0.39, 0.29) is 12.2 Å². The summed E-state index contributed by atoms with van der Waals surface area (Å²) in [7, 11) is 0. The summed E-state index contributed by atoms with van der Waals surface area (Å²) >= 11 is 0. The SMILES string of the molecule is O=C(/C=C/c1cnc(NCCCOc2ccc(CN3CCOCC3)cc2)cn1)NOC1CCCCO1. The van der Waals surface area contributed by atoms with Gasteiger partial charge in [0.05, 0.1) is 37.9 Å². The van der Waals surface area contributed by atoms with Crippen LogP contribution >= 0.6 is 0 Å². The average molecular weight is 498 g/mol. The third-order valence-corrected chi connectivity index (χ3v) is 5.84. The Hall–Kier alpha value is -3.05. The fourth-order valence-corrected chi connectivity index (χ4v) is 3.83. The molecule has 36 heavy (non-hydrogen) atoms. The number of hydrogen-bond donors (Lipinski definition) is 2. The first-order chi connectivity index (χ1) is 17.7. The number of ether oxygens (including phenoxy) is 3. The Labute approximate surface area is 211 Å². The first kappa shape index (κ1) is 26.0. The van der Waals surface area contributed by atoms with Gasteiger partial charge in [0.15, 0.2) is 6.29 Å². The maximum atomic E-state index is 11.9. The molecule has 0 bridgehead atoms. The van der Waals surface area contributed by atoms with Crippen LogP contribution in [0.4, 0.5) is 5.82 Å². The van der Waals surface area contributed by atoms with Crippen molar-refractivity contribution in [2.45, 2.75) is 38.5 Å². The van der Waals surface area contributed by atoms with Gasteiger partial charge in [-0.15, -0.1) is 0 Å². The molecular formula is C26H35N5O5. The molecule has 1 unspecified atom stereocenters. The second-order valence-electron chi connectivity index (χ2n) is 8.70. The number of aromatic nitrogens is 2. The Bertz CT molecular complexity index is 942. The van der Waals surface area contributed by atoms with Crippen LogP contribution in [0.3, 0.4) is 0 Å². The Morgan fingerprint density at radius 3 is 2.72 bits per heavy atom. The smallest absolute Gasteiger partial charge is 0.267 e. The third-order valence-electron chi connectivity index (χ3n) is 5.84. The zero-order valence-corrected chi connectivity index (χ0v) is 20.6. The minimum atomic E-state index is -0.377. The molecule has 0 radical (unpaired) electrons. The molecule has 2 fully saturated rings. The van der Waals surface area contributed by atoms with Crippen molar-refractivity contribution < 1.29 is 23.8 Å². The first-order valence-electron chi connectivity index (χ1n) is 12.6. The van der Waals surface area contributed by atoms with E-state index in [4.69, 9.17) is 19.0 Å². The summed E-state index contributed by atoms with van der Waals surface area (Å²) in [5.41, 5.74) is 4.23. The number of hydroxylamine groups is 1. The quantitative estimate of drug-likeness (QED) is 0.260. The number of nitrogens with zero attached hydrogens (tertiary/aromatic N) is 3. The molecule has 2 aliphatic heterocycles. The minimum absolute atomic E-state index is 0.375. The number of carbonyl (C=O) groups excluding carboxylic acids is 1. The summed E-state index contributed by atoms with van der Waals surface area (Å²) in [5.74, 6) is 1.17. The van der Waals surface area contributed by atoms with Crippen molar-refractivity contribution in [1.82, 2.24) is 20.3 Å². The molecule has 0 saturated carbocycles. The topological polar surface area (TPSA) is 107 Å². The van der Waals surface area contributed by atoms with Crippen LogP contribution in [-0.2, 0) is 25.7 Å². The lowest BCUT2D eigenvalue weighted by Crippen LogP contribution is -2.35. The highest BCUT2D eigenvalue weighted by Crippen LogP contribution is 2.15. The fraction of sp³-hybridized carbons (Fsp3) is 0.500. The lowest BCUT2D eigenvalue weighted by molar-refractivity contribution is -0.198. The summed E-state index contributed by atoms with van der Waals surface area (Å²) in [6.45, 7) is 6.51. The van der Waals surface area contributed by atoms with Gasteiger partial charge in [-0.25, -0.2) is 15.3 Å². The van der Waals surface area contributed by atoms with Gasteiger partial charge in [-0.1, -0.05) is 12.1 Å². The molecule has 2 aromatic rings. The molecule has 0 aliphatic carbocycles. The molecule has 194 valence electrons. The Kier molecular flexibility index (Phi) is 10.5. The van der Waals surface area contributed by atoms with Crippen molar-refractivity contribution in [2.24, 2.45) is 0 Å². The molecule has 1 amide bonds. The van der Waals surface area contributed by atoms with Gasteiger partial charge < -0.3 is 19.5 Å². The highest BCUT2D eigenvalue weighted by atomic mass is 16.8. The monoisotopic (exact) mass is 497 g/mol. The summed E-state index contributed by atoms with van der Waals surface area (Å²) in [6.07, 6.45) is 9.45. The number of amides is 1. The largest absolute Gasteiger partial charge is 0.494 e. The van der Waals surface area contributed by atoms with Crippen LogP contribution in [0, 0.1) is 0 Å². The van der Waals surface area contributed by atoms with Crippen LogP contribution in [0.15, 0.2) is 42.7 Å². The van der Waals surface area contributed by atoms with Gasteiger partial charge in [0.25, 0.3) is 5.91 Å². The van der Waals surface area contributed by atoms with E-state index in [2.05, 4.69) is 37.8 Å². The van der Waals surface area contributed by atoms with Crippen LogP contribution in [0.1, 0.15) is 36.9 Å². The van der Waals surface area contributed by atoms with Crippen LogP contribution in [0.5, 0.6) is 5.75 Å². The lowest BCUT2D eigenvalue weighted by Gasteiger charge is -2.26. The second kappa shape index (κ2) is 14.5. The van der Waals surface area contributed by atoms with E-state index in [0.717, 1.165) is 64.3 Å². The molecule has 4 rings (SSSR count). The van der Waals surface area contributed by atoms with Crippen LogP contribution in [0.2, 0.25) is 0 Å². The average Bonchev–Trinajstić information content (AvgIpc) is 2.93. The maximum absolute atomic E-state index is 11.9. The van der Waals surface area contributed by atoms with E-state index in [1.807, 2.05) is 12.1 Å². The summed E-state index contributed by atoms with van der Waals surface area (Å²) in [5, 5.41) is 3.23. The van der Waals surface area contributed by atoms with E-state index < -0.39 is 0 Å². The zero-order chi connectivity index (χ0) is 24.8. The number of rotatable bonds is 12. The first-order valence-corrected chi connectivity index (χ1v) is 12.6. The number of nitrogens with one attached hydrogen (secondary N) is 2. The number of anilines is 1. The number of carbonyl (C=O) groups is 1.